The number of nitriles is 1. The van der Waals surface area contributed by atoms with E-state index in [9.17, 15) is 5.26 Å². The number of anilines is 1. The largest absolute Gasteiger partial charge is 0.383 e. The van der Waals surface area contributed by atoms with Crippen molar-refractivity contribution >= 4 is 18.2 Å². The molecular formula is C18H23ClN6. The molecule has 0 bridgehead atoms. The highest BCUT2D eigenvalue weighted by atomic mass is 35.5. The fourth-order valence-corrected chi connectivity index (χ4v) is 3.82. The van der Waals surface area contributed by atoms with Gasteiger partial charge >= 0.3 is 0 Å². The van der Waals surface area contributed by atoms with Gasteiger partial charge in [-0.05, 0) is 50.3 Å². The van der Waals surface area contributed by atoms with Crippen LogP contribution in [0.5, 0.6) is 0 Å². The topological polar surface area (TPSA) is 92.5 Å². The second-order valence-corrected chi connectivity index (χ2v) is 6.62. The van der Waals surface area contributed by atoms with Gasteiger partial charge in [0, 0.05) is 24.3 Å². The van der Waals surface area contributed by atoms with Crippen molar-refractivity contribution in [2.24, 2.45) is 0 Å². The van der Waals surface area contributed by atoms with Crippen LogP contribution in [0.2, 0.25) is 0 Å². The second kappa shape index (κ2) is 7.42. The summed E-state index contributed by atoms with van der Waals surface area (Å²) >= 11 is 0. The van der Waals surface area contributed by atoms with Gasteiger partial charge in [0.15, 0.2) is 0 Å². The fourth-order valence-electron chi connectivity index (χ4n) is 3.82. The van der Waals surface area contributed by atoms with E-state index >= 15 is 0 Å². The number of pyridine rings is 1. The summed E-state index contributed by atoms with van der Waals surface area (Å²) in [4.78, 5) is 4.54. The zero-order chi connectivity index (χ0) is 16.5. The van der Waals surface area contributed by atoms with Gasteiger partial charge in [-0.15, -0.1) is 12.4 Å². The number of nitrogen functional groups attached to an aromatic ring is 1. The number of fused-ring (bicyclic) bond motifs is 2. The minimum atomic E-state index is 0. The van der Waals surface area contributed by atoms with Crippen LogP contribution in [0.1, 0.15) is 48.2 Å². The standard InChI is InChI=1S/C18H22N6.ClH/c19-10-14-17(13-5-2-1-3-6-15(13)22-18(14)20)16-9-12-11-21-7-4-8-24(12)23-16;/h9,21H,1-8,11H2,(H2,20,22);1H. The maximum Gasteiger partial charge on any atom is 0.142 e. The first-order chi connectivity index (χ1) is 11.8. The highest BCUT2D eigenvalue weighted by Gasteiger charge is 2.24. The second-order valence-electron chi connectivity index (χ2n) is 6.62. The summed E-state index contributed by atoms with van der Waals surface area (Å²) in [5.41, 5.74) is 11.8. The Bertz CT molecular complexity index is 796. The summed E-state index contributed by atoms with van der Waals surface area (Å²) in [6.45, 7) is 2.74. The van der Waals surface area contributed by atoms with Crippen LogP contribution >= 0.6 is 12.4 Å². The molecule has 0 aromatic carbocycles. The molecule has 4 rings (SSSR count). The number of halogens is 1. The number of aromatic nitrogens is 3. The van der Waals surface area contributed by atoms with Crippen molar-refractivity contribution in [3.63, 3.8) is 0 Å². The summed E-state index contributed by atoms with van der Waals surface area (Å²) in [6, 6.07) is 4.38. The molecule has 0 amide bonds. The van der Waals surface area contributed by atoms with E-state index in [2.05, 4.69) is 27.1 Å². The Morgan fingerprint density at radius 3 is 2.88 bits per heavy atom. The maximum atomic E-state index is 9.66. The van der Waals surface area contributed by atoms with E-state index in [1.165, 1.54) is 17.7 Å². The number of hydrogen-bond donors (Lipinski definition) is 2. The van der Waals surface area contributed by atoms with Crippen LogP contribution in [0.25, 0.3) is 11.3 Å². The van der Waals surface area contributed by atoms with E-state index in [0.717, 1.165) is 68.7 Å². The molecule has 2 aromatic rings. The van der Waals surface area contributed by atoms with Gasteiger partial charge in [0.25, 0.3) is 0 Å². The van der Waals surface area contributed by atoms with E-state index < -0.39 is 0 Å². The number of nitrogens with one attached hydrogen (secondary N) is 1. The van der Waals surface area contributed by atoms with Crippen molar-refractivity contribution in [3.8, 4) is 17.3 Å². The van der Waals surface area contributed by atoms with E-state index in [1.807, 2.05) is 0 Å². The van der Waals surface area contributed by atoms with Crippen molar-refractivity contribution in [2.75, 3.05) is 12.3 Å². The molecule has 1 aliphatic carbocycles. The Morgan fingerprint density at radius 1 is 1.20 bits per heavy atom. The third-order valence-electron chi connectivity index (χ3n) is 5.01. The first-order valence-electron chi connectivity index (χ1n) is 8.77. The average molecular weight is 359 g/mol. The molecule has 6 nitrogen and oxygen atoms in total. The van der Waals surface area contributed by atoms with Crippen molar-refractivity contribution in [3.05, 3.63) is 28.6 Å². The highest BCUT2D eigenvalue weighted by molar-refractivity contribution is 5.85. The molecule has 0 radical (unpaired) electrons. The van der Waals surface area contributed by atoms with Gasteiger partial charge in [-0.1, -0.05) is 6.42 Å². The molecular weight excluding hydrogens is 336 g/mol. The van der Waals surface area contributed by atoms with E-state index in [-0.39, 0.29) is 12.4 Å². The predicted octanol–water partition coefficient (Wildman–Crippen LogP) is 2.58. The SMILES string of the molecule is Cl.N#Cc1c(N)nc2c(c1-c1cc3n(n1)CCCNC3)CCCCC2. The Labute approximate surface area is 153 Å². The van der Waals surface area contributed by atoms with Gasteiger partial charge in [-0.3, -0.25) is 4.68 Å². The van der Waals surface area contributed by atoms with Crippen LogP contribution in [0, 0.1) is 11.3 Å². The Kier molecular flexibility index (Phi) is 5.26. The lowest BCUT2D eigenvalue weighted by atomic mass is 9.95. The molecule has 0 saturated carbocycles. The summed E-state index contributed by atoms with van der Waals surface area (Å²) in [5, 5.41) is 17.9. The normalized spacial score (nSPS) is 16.6. The van der Waals surface area contributed by atoms with E-state index in [0.29, 0.717) is 11.4 Å². The van der Waals surface area contributed by atoms with Gasteiger partial charge in [0.1, 0.15) is 17.5 Å². The first kappa shape index (κ1) is 17.7. The smallest absolute Gasteiger partial charge is 0.142 e. The van der Waals surface area contributed by atoms with Crippen LogP contribution in [0.15, 0.2) is 6.07 Å². The molecule has 7 heteroatoms. The number of rotatable bonds is 1. The summed E-state index contributed by atoms with van der Waals surface area (Å²) in [5.74, 6) is 0.342. The molecule has 0 atom stereocenters. The lowest BCUT2D eigenvalue weighted by molar-refractivity contribution is 0.589. The van der Waals surface area contributed by atoms with Gasteiger partial charge in [-0.2, -0.15) is 10.4 Å². The van der Waals surface area contributed by atoms with Gasteiger partial charge < -0.3 is 11.1 Å². The number of hydrogen-bond acceptors (Lipinski definition) is 5. The van der Waals surface area contributed by atoms with Crippen molar-refractivity contribution < 1.29 is 0 Å². The number of nitrogens with two attached hydrogens (primary N) is 1. The molecule has 0 spiro atoms. The molecule has 25 heavy (non-hydrogen) atoms. The maximum absolute atomic E-state index is 9.66. The highest BCUT2D eigenvalue weighted by Crippen LogP contribution is 2.35. The summed E-state index contributed by atoms with van der Waals surface area (Å²) in [6.07, 6.45) is 6.41. The van der Waals surface area contributed by atoms with Crippen molar-refractivity contribution in [1.82, 2.24) is 20.1 Å². The predicted molar refractivity (Wildman–Crippen MR) is 99.4 cm³/mol. The van der Waals surface area contributed by atoms with Crippen LogP contribution in [-0.4, -0.2) is 21.3 Å². The summed E-state index contributed by atoms with van der Waals surface area (Å²) in [7, 11) is 0. The van der Waals surface area contributed by atoms with Crippen LogP contribution in [0.4, 0.5) is 5.82 Å². The monoisotopic (exact) mass is 358 g/mol. The van der Waals surface area contributed by atoms with Gasteiger partial charge in [0.05, 0.1) is 11.4 Å². The zero-order valence-electron chi connectivity index (χ0n) is 14.2. The molecule has 132 valence electrons. The van der Waals surface area contributed by atoms with E-state index in [1.54, 1.807) is 0 Å². The van der Waals surface area contributed by atoms with E-state index in [4.69, 9.17) is 10.8 Å². The number of nitrogens with zero attached hydrogens (tertiary/aromatic N) is 4. The molecule has 2 aliphatic rings. The van der Waals surface area contributed by atoms with Crippen LogP contribution < -0.4 is 11.1 Å². The lowest BCUT2D eigenvalue weighted by Gasteiger charge is -2.14. The molecule has 0 fully saturated rings. The third-order valence-corrected chi connectivity index (χ3v) is 5.01. The first-order valence-corrected chi connectivity index (χ1v) is 8.77. The van der Waals surface area contributed by atoms with Crippen molar-refractivity contribution in [2.45, 2.75) is 51.6 Å². The molecule has 0 saturated heterocycles. The number of aryl methyl sites for hydroxylation is 2. The molecule has 1 aliphatic heterocycles. The Morgan fingerprint density at radius 2 is 2.04 bits per heavy atom. The molecule has 3 N–H and O–H groups in total. The zero-order valence-corrected chi connectivity index (χ0v) is 15.0. The van der Waals surface area contributed by atoms with Crippen molar-refractivity contribution in [1.29, 1.82) is 5.26 Å². The van der Waals surface area contributed by atoms with Crippen LogP contribution in [-0.2, 0) is 25.9 Å². The quantitative estimate of drug-likeness (QED) is 0.764. The van der Waals surface area contributed by atoms with Gasteiger partial charge in [-0.25, -0.2) is 4.98 Å². The lowest BCUT2D eigenvalue weighted by Crippen LogP contribution is -2.11. The molecule has 3 heterocycles. The van der Waals surface area contributed by atoms with Crippen LogP contribution in [0.3, 0.4) is 0 Å². The van der Waals surface area contributed by atoms with Gasteiger partial charge in [0.2, 0.25) is 0 Å². The average Bonchev–Trinajstić information content (AvgIpc) is 2.75. The minimum absolute atomic E-state index is 0. The molecule has 2 aromatic heterocycles. The fraction of sp³-hybridized carbons (Fsp3) is 0.500. The Balaban J connectivity index is 0.00000182. The Hall–Kier alpha value is -2.10. The minimum Gasteiger partial charge on any atom is -0.383 e. The summed E-state index contributed by atoms with van der Waals surface area (Å²) < 4.78 is 2.07. The molecule has 0 unspecified atom stereocenters. The third kappa shape index (κ3) is 3.22.